The zero-order valence-corrected chi connectivity index (χ0v) is 7.15. The molecule has 0 bridgehead atoms. The average molecular weight is 145 g/mol. The van der Waals surface area contributed by atoms with Crippen molar-refractivity contribution in [1.29, 1.82) is 0 Å². The van der Waals surface area contributed by atoms with Gasteiger partial charge in [0, 0.05) is 6.54 Å². The third-order valence-corrected chi connectivity index (χ3v) is 0.938. The van der Waals surface area contributed by atoms with Gasteiger partial charge < -0.3 is 16.8 Å². The highest BCUT2D eigenvalue weighted by Gasteiger charge is 1.82. The van der Waals surface area contributed by atoms with Crippen LogP contribution in [-0.2, 0) is 0 Å². The fraction of sp³-hybridized carbons (Fsp3) is 0.714. The van der Waals surface area contributed by atoms with Crippen LogP contribution in [0.3, 0.4) is 0 Å². The topological polar surface area (TPSA) is 64.1 Å². The van der Waals surface area contributed by atoms with Gasteiger partial charge in [-0.1, -0.05) is 6.92 Å². The van der Waals surface area contributed by atoms with Crippen LogP contribution in [0, 0.1) is 0 Å². The van der Waals surface area contributed by atoms with Crippen molar-refractivity contribution in [1.82, 2.24) is 5.32 Å². The van der Waals surface area contributed by atoms with Crippen molar-refractivity contribution in [2.24, 2.45) is 11.5 Å². The molecule has 0 aliphatic carbocycles. The van der Waals surface area contributed by atoms with E-state index in [-0.39, 0.29) is 0 Å². The van der Waals surface area contributed by atoms with Crippen molar-refractivity contribution in [3.05, 3.63) is 11.8 Å². The molecular formula is C7H19N3. The predicted molar refractivity (Wildman–Crippen MR) is 46.6 cm³/mol. The van der Waals surface area contributed by atoms with E-state index < -0.39 is 0 Å². The SMILES string of the molecule is CCNC/C(C)=C/N.CN. The molecule has 0 aliphatic heterocycles. The summed E-state index contributed by atoms with van der Waals surface area (Å²) in [5, 5.41) is 3.15. The van der Waals surface area contributed by atoms with Gasteiger partial charge >= 0.3 is 0 Å². The molecule has 62 valence electrons. The molecule has 3 heteroatoms. The summed E-state index contributed by atoms with van der Waals surface area (Å²) in [6.07, 6.45) is 1.63. The van der Waals surface area contributed by atoms with E-state index in [2.05, 4.69) is 18.0 Å². The summed E-state index contributed by atoms with van der Waals surface area (Å²) < 4.78 is 0. The van der Waals surface area contributed by atoms with Crippen molar-refractivity contribution in [3.8, 4) is 0 Å². The maximum atomic E-state index is 5.21. The summed E-state index contributed by atoms with van der Waals surface area (Å²) in [7, 11) is 1.50. The Hall–Kier alpha value is -0.540. The first-order valence-corrected chi connectivity index (χ1v) is 3.47. The number of rotatable bonds is 3. The Balaban J connectivity index is 0. The molecule has 0 unspecified atom stereocenters. The van der Waals surface area contributed by atoms with Crippen molar-refractivity contribution < 1.29 is 0 Å². The summed E-state index contributed by atoms with van der Waals surface area (Å²) in [6, 6.07) is 0. The van der Waals surface area contributed by atoms with E-state index in [4.69, 9.17) is 5.73 Å². The van der Waals surface area contributed by atoms with Crippen LogP contribution < -0.4 is 16.8 Å². The van der Waals surface area contributed by atoms with Crippen LogP contribution in [0.5, 0.6) is 0 Å². The van der Waals surface area contributed by atoms with E-state index in [0.29, 0.717) is 0 Å². The van der Waals surface area contributed by atoms with E-state index in [1.807, 2.05) is 6.92 Å². The van der Waals surface area contributed by atoms with Crippen molar-refractivity contribution in [2.45, 2.75) is 13.8 Å². The lowest BCUT2D eigenvalue weighted by molar-refractivity contribution is 0.774. The molecule has 0 saturated heterocycles. The summed E-state index contributed by atoms with van der Waals surface area (Å²) in [5.74, 6) is 0. The largest absolute Gasteiger partial charge is 0.405 e. The van der Waals surface area contributed by atoms with E-state index in [9.17, 15) is 0 Å². The molecule has 0 aromatic rings. The Kier molecular flexibility index (Phi) is 13.7. The Morgan fingerprint density at radius 3 is 2.30 bits per heavy atom. The fourth-order valence-corrected chi connectivity index (χ4v) is 0.381. The molecule has 0 aromatic carbocycles. The van der Waals surface area contributed by atoms with Gasteiger partial charge in [-0.15, -0.1) is 0 Å². The quantitative estimate of drug-likeness (QED) is 0.525. The normalized spacial score (nSPS) is 10.2. The third-order valence-electron chi connectivity index (χ3n) is 0.938. The number of likely N-dealkylation sites (N-methyl/N-ethyl adjacent to an activating group) is 1. The molecular weight excluding hydrogens is 126 g/mol. The highest BCUT2D eigenvalue weighted by molar-refractivity contribution is 4.96. The summed E-state index contributed by atoms with van der Waals surface area (Å²) in [5.41, 5.74) is 10.9. The molecule has 0 spiro atoms. The first-order chi connectivity index (χ1) is 4.81. The standard InChI is InChI=1S/C6H14N2.CH5N/c1-3-8-5-6(2)4-7;1-2/h4,8H,3,5,7H2,1-2H3;2H2,1H3/b6-4+;. The highest BCUT2D eigenvalue weighted by atomic mass is 14.8. The lowest BCUT2D eigenvalue weighted by atomic mass is 10.3. The molecule has 0 atom stereocenters. The van der Waals surface area contributed by atoms with E-state index in [0.717, 1.165) is 13.1 Å². The Bertz CT molecular complexity index is 78.9. The van der Waals surface area contributed by atoms with Gasteiger partial charge in [-0.05, 0) is 32.3 Å². The maximum absolute atomic E-state index is 5.21. The molecule has 5 N–H and O–H groups in total. The molecule has 10 heavy (non-hydrogen) atoms. The molecule has 0 aromatic heterocycles. The highest BCUT2D eigenvalue weighted by Crippen LogP contribution is 1.82. The molecule has 0 aliphatic rings. The van der Waals surface area contributed by atoms with Gasteiger partial charge in [0.1, 0.15) is 0 Å². The van der Waals surface area contributed by atoms with Gasteiger partial charge in [0.15, 0.2) is 0 Å². The monoisotopic (exact) mass is 145 g/mol. The lowest BCUT2D eigenvalue weighted by Gasteiger charge is -1.97. The molecule has 0 fully saturated rings. The third kappa shape index (κ3) is 10.4. The smallest absolute Gasteiger partial charge is 0.0178 e. The second kappa shape index (κ2) is 11.3. The molecule has 0 heterocycles. The number of hydrogen-bond donors (Lipinski definition) is 3. The zero-order valence-electron chi connectivity index (χ0n) is 7.15. The molecule has 0 radical (unpaired) electrons. The predicted octanol–water partition coefficient (Wildman–Crippen LogP) is 0.0333. The minimum atomic E-state index is 0.910. The second-order valence-corrected chi connectivity index (χ2v) is 1.79. The fourth-order valence-electron chi connectivity index (χ4n) is 0.381. The minimum absolute atomic E-state index is 0.910. The molecule has 0 rings (SSSR count). The van der Waals surface area contributed by atoms with E-state index in [1.165, 1.54) is 12.6 Å². The van der Waals surface area contributed by atoms with Crippen molar-refractivity contribution in [3.63, 3.8) is 0 Å². The Labute approximate surface area is 63.5 Å². The summed E-state index contributed by atoms with van der Waals surface area (Å²) >= 11 is 0. The van der Waals surface area contributed by atoms with Gasteiger partial charge in [-0.25, -0.2) is 0 Å². The second-order valence-electron chi connectivity index (χ2n) is 1.79. The van der Waals surface area contributed by atoms with Crippen LogP contribution in [-0.4, -0.2) is 20.1 Å². The van der Waals surface area contributed by atoms with Crippen LogP contribution in [0.2, 0.25) is 0 Å². The van der Waals surface area contributed by atoms with Gasteiger partial charge in [0.05, 0.1) is 0 Å². The van der Waals surface area contributed by atoms with Crippen LogP contribution in [0.4, 0.5) is 0 Å². The van der Waals surface area contributed by atoms with Gasteiger partial charge in [0.2, 0.25) is 0 Å². The van der Waals surface area contributed by atoms with Crippen LogP contribution in [0.1, 0.15) is 13.8 Å². The number of nitrogens with one attached hydrogen (secondary N) is 1. The van der Waals surface area contributed by atoms with Crippen LogP contribution in [0.25, 0.3) is 0 Å². The van der Waals surface area contributed by atoms with Crippen LogP contribution in [0.15, 0.2) is 11.8 Å². The van der Waals surface area contributed by atoms with Gasteiger partial charge in [-0.3, -0.25) is 0 Å². The Morgan fingerprint density at radius 2 is 2.00 bits per heavy atom. The summed E-state index contributed by atoms with van der Waals surface area (Å²) in [4.78, 5) is 0. The molecule has 0 saturated carbocycles. The van der Waals surface area contributed by atoms with Crippen molar-refractivity contribution in [2.75, 3.05) is 20.1 Å². The van der Waals surface area contributed by atoms with E-state index in [1.54, 1.807) is 6.20 Å². The first-order valence-electron chi connectivity index (χ1n) is 3.47. The molecule has 0 amide bonds. The Morgan fingerprint density at radius 1 is 1.50 bits per heavy atom. The first kappa shape index (κ1) is 12.2. The van der Waals surface area contributed by atoms with Crippen molar-refractivity contribution >= 4 is 0 Å². The lowest BCUT2D eigenvalue weighted by Crippen LogP contribution is -2.15. The number of nitrogens with two attached hydrogens (primary N) is 2. The van der Waals surface area contributed by atoms with Gasteiger partial charge in [0.25, 0.3) is 0 Å². The maximum Gasteiger partial charge on any atom is 0.0178 e. The summed E-state index contributed by atoms with van der Waals surface area (Å²) in [6.45, 7) is 5.99. The number of hydrogen-bond acceptors (Lipinski definition) is 3. The molecule has 3 nitrogen and oxygen atoms in total. The van der Waals surface area contributed by atoms with E-state index >= 15 is 0 Å². The van der Waals surface area contributed by atoms with Crippen LogP contribution >= 0.6 is 0 Å². The average Bonchev–Trinajstić information content (AvgIpc) is 2.04. The zero-order chi connectivity index (χ0) is 8.41. The minimum Gasteiger partial charge on any atom is -0.405 e. The van der Waals surface area contributed by atoms with Gasteiger partial charge in [-0.2, -0.15) is 0 Å².